The number of nitrogens with zero attached hydrogens (tertiary/aromatic N) is 3. The summed E-state index contributed by atoms with van der Waals surface area (Å²) in [6, 6.07) is 13.1. The number of piperidine rings is 1. The molecule has 0 spiro atoms. The third-order valence-corrected chi connectivity index (χ3v) is 5.68. The highest BCUT2D eigenvalue weighted by Gasteiger charge is 2.20. The van der Waals surface area contributed by atoms with Crippen LogP contribution in [0.3, 0.4) is 0 Å². The van der Waals surface area contributed by atoms with E-state index in [0.717, 1.165) is 62.7 Å². The van der Waals surface area contributed by atoms with E-state index in [1.165, 1.54) is 5.69 Å². The summed E-state index contributed by atoms with van der Waals surface area (Å²) in [5.41, 5.74) is 2.36. The molecule has 7 heteroatoms. The molecule has 1 aliphatic rings. The quantitative estimate of drug-likeness (QED) is 0.291. The van der Waals surface area contributed by atoms with Crippen molar-refractivity contribution in [3.05, 3.63) is 47.9 Å². The molecule has 1 aliphatic heterocycles. The molecule has 6 nitrogen and oxygen atoms in total. The number of nitrogens with one attached hydrogen (secondary N) is 2. The minimum Gasteiger partial charge on any atom is -0.371 e. The van der Waals surface area contributed by atoms with E-state index in [2.05, 4.69) is 77.9 Å². The van der Waals surface area contributed by atoms with Crippen molar-refractivity contribution in [1.29, 1.82) is 0 Å². The van der Waals surface area contributed by atoms with Crippen molar-refractivity contribution in [1.82, 2.24) is 15.8 Å². The Morgan fingerprint density at radius 2 is 1.87 bits per heavy atom. The number of hydrogen-bond donors (Lipinski definition) is 2. The molecule has 0 atom stereocenters. The van der Waals surface area contributed by atoms with Crippen molar-refractivity contribution >= 4 is 35.6 Å². The van der Waals surface area contributed by atoms with Crippen molar-refractivity contribution < 1.29 is 4.52 Å². The van der Waals surface area contributed by atoms with Crippen LogP contribution < -0.4 is 15.5 Å². The summed E-state index contributed by atoms with van der Waals surface area (Å²) >= 11 is 0. The molecule has 0 bridgehead atoms. The Labute approximate surface area is 197 Å². The maximum absolute atomic E-state index is 5.51. The van der Waals surface area contributed by atoms with E-state index in [0.29, 0.717) is 18.5 Å². The smallest absolute Gasteiger partial charge is 0.191 e. The molecule has 3 rings (SSSR count). The van der Waals surface area contributed by atoms with Crippen molar-refractivity contribution in [2.45, 2.75) is 65.0 Å². The Kier molecular flexibility index (Phi) is 10.5. The Hall–Kier alpha value is -1.77. The van der Waals surface area contributed by atoms with Gasteiger partial charge >= 0.3 is 0 Å². The number of aliphatic imine (C=N–C) groups is 1. The second-order valence-electron chi connectivity index (χ2n) is 7.67. The lowest BCUT2D eigenvalue weighted by molar-refractivity contribution is 0.372. The molecule has 1 saturated heterocycles. The van der Waals surface area contributed by atoms with Crippen LogP contribution in [-0.4, -0.2) is 36.8 Å². The zero-order valence-corrected chi connectivity index (χ0v) is 20.8. The van der Waals surface area contributed by atoms with Crippen LogP contribution in [0.5, 0.6) is 0 Å². The molecule has 0 unspecified atom stereocenters. The highest BCUT2D eigenvalue weighted by molar-refractivity contribution is 14.0. The Morgan fingerprint density at radius 3 is 2.50 bits per heavy atom. The summed E-state index contributed by atoms with van der Waals surface area (Å²) in [5.74, 6) is 2.15. The average Bonchev–Trinajstić information content (AvgIpc) is 3.23. The first-order chi connectivity index (χ1) is 14.2. The predicted molar refractivity (Wildman–Crippen MR) is 135 cm³/mol. The summed E-state index contributed by atoms with van der Waals surface area (Å²) in [6.07, 6.45) is 4.36. The maximum Gasteiger partial charge on any atom is 0.191 e. The van der Waals surface area contributed by atoms with Gasteiger partial charge in [-0.15, -0.1) is 24.0 Å². The third kappa shape index (κ3) is 6.89. The first kappa shape index (κ1) is 24.5. The van der Waals surface area contributed by atoms with Gasteiger partial charge in [-0.2, -0.15) is 0 Å². The van der Waals surface area contributed by atoms with Crippen LogP contribution in [0, 0.1) is 0 Å². The largest absolute Gasteiger partial charge is 0.371 e. The topological polar surface area (TPSA) is 65.7 Å². The van der Waals surface area contributed by atoms with E-state index in [9.17, 15) is 0 Å². The van der Waals surface area contributed by atoms with Gasteiger partial charge in [-0.1, -0.05) is 37.2 Å². The van der Waals surface area contributed by atoms with Gasteiger partial charge < -0.3 is 20.1 Å². The van der Waals surface area contributed by atoms with Gasteiger partial charge in [0.2, 0.25) is 0 Å². The van der Waals surface area contributed by atoms with Gasteiger partial charge in [0, 0.05) is 43.3 Å². The molecule has 1 aromatic heterocycles. The van der Waals surface area contributed by atoms with E-state index >= 15 is 0 Å². The van der Waals surface area contributed by atoms with E-state index in [1.54, 1.807) is 0 Å². The summed E-state index contributed by atoms with van der Waals surface area (Å²) in [4.78, 5) is 7.18. The number of anilines is 1. The standard InChI is InChI=1S/C23H35N5O.HI/c1-4-18(5-2)22-16-21(29-27-22)17-25-23(24-6-3)26-19-12-14-28(15-13-19)20-10-8-7-9-11-20;/h7-11,16,18-19H,4-6,12-15,17H2,1-3H3,(H2,24,25,26);1H. The van der Waals surface area contributed by atoms with Crippen LogP contribution in [0.2, 0.25) is 0 Å². The number of halogens is 1. The first-order valence-electron chi connectivity index (χ1n) is 11.0. The number of hydrogen-bond acceptors (Lipinski definition) is 4. The number of benzene rings is 1. The fourth-order valence-corrected chi connectivity index (χ4v) is 3.89. The fourth-order valence-electron chi connectivity index (χ4n) is 3.89. The molecule has 1 aromatic carbocycles. The van der Waals surface area contributed by atoms with Gasteiger partial charge in [-0.3, -0.25) is 0 Å². The lowest BCUT2D eigenvalue weighted by Crippen LogP contribution is -2.48. The number of guanidine groups is 1. The lowest BCUT2D eigenvalue weighted by atomic mass is 9.99. The second-order valence-corrected chi connectivity index (χ2v) is 7.67. The molecule has 0 radical (unpaired) electrons. The van der Waals surface area contributed by atoms with Crippen LogP contribution in [0.15, 0.2) is 45.9 Å². The summed E-state index contributed by atoms with van der Waals surface area (Å²) < 4.78 is 5.51. The molecule has 1 fully saturated rings. The maximum atomic E-state index is 5.51. The van der Waals surface area contributed by atoms with Gasteiger partial charge in [0.1, 0.15) is 6.54 Å². The molecule has 166 valence electrons. The molecule has 2 N–H and O–H groups in total. The third-order valence-electron chi connectivity index (χ3n) is 5.68. The lowest BCUT2D eigenvalue weighted by Gasteiger charge is -2.34. The van der Waals surface area contributed by atoms with E-state index in [4.69, 9.17) is 9.52 Å². The first-order valence-corrected chi connectivity index (χ1v) is 11.0. The summed E-state index contributed by atoms with van der Waals surface area (Å²) in [6.45, 7) is 9.93. The van der Waals surface area contributed by atoms with Gasteiger partial charge in [-0.05, 0) is 44.7 Å². The van der Waals surface area contributed by atoms with Crippen molar-refractivity contribution in [2.24, 2.45) is 4.99 Å². The molecular formula is C23H36IN5O. The number of aromatic nitrogens is 1. The van der Waals surface area contributed by atoms with E-state index in [-0.39, 0.29) is 24.0 Å². The minimum atomic E-state index is 0. The van der Waals surface area contributed by atoms with Gasteiger partial charge in [0.25, 0.3) is 0 Å². The zero-order chi connectivity index (χ0) is 20.5. The Balaban J connectivity index is 0.00000320. The van der Waals surface area contributed by atoms with Crippen molar-refractivity contribution in [3.63, 3.8) is 0 Å². The molecule has 0 saturated carbocycles. The van der Waals surface area contributed by atoms with Crippen molar-refractivity contribution in [2.75, 3.05) is 24.5 Å². The molecule has 2 aromatic rings. The number of rotatable bonds is 8. The van der Waals surface area contributed by atoms with Gasteiger partial charge in [0.15, 0.2) is 11.7 Å². The van der Waals surface area contributed by atoms with Crippen LogP contribution in [0.1, 0.15) is 63.8 Å². The molecular weight excluding hydrogens is 489 g/mol. The summed E-state index contributed by atoms with van der Waals surface area (Å²) in [7, 11) is 0. The summed E-state index contributed by atoms with van der Waals surface area (Å²) in [5, 5.41) is 11.2. The predicted octanol–water partition coefficient (Wildman–Crippen LogP) is 4.92. The monoisotopic (exact) mass is 525 g/mol. The van der Waals surface area contributed by atoms with Crippen LogP contribution >= 0.6 is 24.0 Å². The Bertz CT molecular complexity index is 752. The molecule has 30 heavy (non-hydrogen) atoms. The SMILES string of the molecule is CCNC(=NCc1cc(C(CC)CC)no1)NC1CCN(c2ccccc2)CC1.I. The van der Waals surface area contributed by atoms with E-state index < -0.39 is 0 Å². The van der Waals surface area contributed by atoms with Crippen LogP contribution in [0.25, 0.3) is 0 Å². The fraction of sp³-hybridized carbons (Fsp3) is 0.565. The van der Waals surface area contributed by atoms with Crippen LogP contribution in [-0.2, 0) is 6.54 Å². The van der Waals surface area contributed by atoms with E-state index in [1.807, 2.05) is 0 Å². The van der Waals surface area contributed by atoms with Gasteiger partial charge in [-0.25, -0.2) is 4.99 Å². The number of para-hydroxylation sites is 1. The van der Waals surface area contributed by atoms with Crippen LogP contribution in [0.4, 0.5) is 5.69 Å². The van der Waals surface area contributed by atoms with Gasteiger partial charge in [0.05, 0.1) is 5.69 Å². The molecule has 0 amide bonds. The Morgan fingerprint density at radius 1 is 1.17 bits per heavy atom. The average molecular weight is 525 g/mol. The normalized spacial score (nSPS) is 15.2. The van der Waals surface area contributed by atoms with Crippen molar-refractivity contribution in [3.8, 4) is 0 Å². The molecule has 2 heterocycles. The minimum absolute atomic E-state index is 0. The highest BCUT2D eigenvalue weighted by Crippen LogP contribution is 2.23. The molecule has 0 aliphatic carbocycles. The zero-order valence-electron chi connectivity index (χ0n) is 18.4. The highest BCUT2D eigenvalue weighted by atomic mass is 127. The second kappa shape index (κ2) is 12.8.